The Balaban J connectivity index is 2.12. The zero-order valence-electron chi connectivity index (χ0n) is 18.1. The van der Waals surface area contributed by atoms with Crippen LogP contribution in [0.4, 0.5) is 0 Å². The van der Waals surface area contributed by atoms with Crippen molar-refractivity contribution in [1.82, 2.24) is 0 Å². The lowest BCUT2D eigenvalue weighted by atomic mass is 9.88. The van der Waals surface area contributed by atoms with Gasteiger partial charge in [0.15, 0.2) is 0 Å². The number of methoxy groups -OCH3 is 1. The lowest BCUT2D eigenvalue weighted by Gasteiger charge is -2.46. The summed E-state index contributed by atoms with van der Waals surface area (Å²) in [7, 11) is -1.18. The van der Waals surface area contributed by atoms with Crippen molar-refractivity contribution in [2.24, 2.45) is 5.92 Å². The highest BCUT2D eigenvalue weighted by Gasteiger charge is 2.52. The van der Waals surface area contributed by atoms with Crippen molar-refractivity contribution in [2.75, 3.05) is 7.11 Å². The molecule has 0 saturated heterocycles. The first-order valence-electron chi connectivity index (χ1n) is 10.3. The number of hydrogen-bond donors (Lipinski definition) is 0. The Bertz CT molecular complexity index is 813. The molecule has 1 aliphatic rings. The van der Waals surface area contributed by atoms with Crippen LogP contribution in [0.5, 0.6) is 0 Å². The van der Waals surface area contributed by atoms with E-state index in [1.807, 2.05) is 0 Å². The SMILES string of the molecule is COC(=O)[C@@H]1CC=C(C)[C@H](O[Si](c2ccccc2)(c2ccccc2)C(C)(C)C)C1. The summed E-state index contributed by atoms with van der Waals surface area (Å²) in [6.45, 7) is 8.95. The van der Waals surface area contributed by atoms with Crippen molar-refractivity contribution < 1.29 is 14.0 Å². The minimum Gasteiger partial charge on any atom is -0.469 e. The van der Waals surface area contributed by atoms with Crippen LogP contribution in [0, 0.1) is 5.92 Å². The Hall–Kier alpha value is -2.17. The van der Waals surface area contributed by atoms with Crippen LogP contribution in [0.25, 0.3) is 0 Å². The molecule has 0 radical (unpaired) electrons. The highest BCUT2D eigenvalue weighted by atomic mass is 28.4. The molecular formula is C25H32O3Si. The quantitative estimate of drug-likeness (QED) is 0.416. The zero-order valence-corrected chi connectivity index (χ0v) is 19.1. The third kappa shape index (κ3) is 4.24. The average Bonchev–Trinajstić information content (AvgIpc) is 2.73. The predicted molar refractivity (Wildman–Crippen MR) is 121 cm³/mol. The first kappa shape index (κ1) is 21.5. The Morgan fingerprint density at radius 1 is 0.966 bits per heavy atom. The number of rotatable bonds is 5. The van der Waals surface area contributed by atoms with Gasteiger partial charge in [0.2, 0.25) is 0 Å². The van der Waals surface area contributed by atoms with Gasteiger partial charge < -0.3 is 9.16 Å². The van der Waals surface area contributed by atoms with E-state index in [-0.39, 0.29) is 23.0 Å². The van der Waals surface area contributed by atoms with Crippen LogP contribution in [0.3, 0.4) is 0 Å². The molecule has 4 heteroatoms. The van der Waals surface area contributed by atoms with Gasteiger partial charge in [-0.2, -0.15) is 0 Å². The molecular weight excluding hydrogens is 376 g/mol. The number of allylic oxidation sites excluding steroid dienone is 1. The van der Waals surface area contributed by atoms with Gasteiger partial charge in [-0.05, 0) is 40.8 Å². The summed E-state index contributed by atoms with van der Waals surface area (Å²) >= 11 is 0. The number of carbonyl (C=O) groups excluding carboxylic acids is 1. The lowest BCUT2D eigenvalue weighted by Crippen LogP contribution is -2.68. The monoisotopic (exact) mass is 408 g/mol. The summed E-state index contributed by atoms with van der Waals surface area (Å²) in [4.78, 5) is 12.2. The molecule has 0 heterocycles. The first-order valence-corrected chi connectivity index (χ1v) is 12.2. The summed E-state index contributed by atoms with van der Waals surface area (Å²) in [5.74, 6) is -0.295. The molecule has 0 aromatic heterocycles. The Labute approximate surface area is 175 Å². The molecule has 0 aliphatic heterocycles. The maximum absolute atomic E-state index is 12.2. The van der Waals surface area contributed by atoms with Crippen molar-refractivity contribution in [1.29, 1.82) is 0 Å². The number of carbonyl (C=O) groups is 1. The minimum absolute atomic E-state index is 0.0891. The minimum atomic E-state index is -2.65. The van der Waals surface area contributed by atoms with Gasteiger partial charge in [-0.25, -0.2) is 0 Å². The van der Waals surface area contributed by atoms with Crippen LogP contribution in [0.2, 0.25) is 5.04 Å². The summed E-state index contributed by atoms with van der Waals surface area (Å²) in [6.07, 6.45) is 3.44. The molecule has 2 aromatic carbocycles. The highest BCUT2D eigenvalue weighted by molar-refractivity contribution is 6.99. The zero-order chi connectivity index (χ0) is 21.1. The van der Waals surface area contributed by atoms with Crippen molar-refractivity contribution in [2.45, 2.75) is 51.7 Å². The normalized spacial score (nSPS) is 20.1. The Morgan fingerprint density at radius 3 is 1.93 bits per heavy atom. The van der Waals surface area contributed by atoms with E-state index in [0.29, 0.717) is 6.42 Å². The van der Waals surface area contributed by atoms with E-state index in [9.17, 15) is 4.79 Å². The summed E-state index contributed by atoms with van der Waals surface area (Å²) in [6, 6.07) is 21.3. The largest absolute Gasteiger partial charge is 0.469 e. The van der Waals surface area contributed by atoms with Gasteiger partial charge in [0.1, 0.15) is 0 Å². The van der Waals surface area contributed by atoms with Crippen LogP contribution in [-0.2, 0) is 14.0 Å². The summed E-state index contributed by atoms with van der Waals surface area (Å²) in [5.41, 5.74) is 1.21. The van der Waals surface area contributed by atoms with Gasteiger partial charge in [0, 0.05) is 0 Å². The number of ether oxygens (including phenoxy) is 1. The second-order valence-corrected chi connectivity index (χ2v) is 13.2. The van der Waals surface area contributed by atoms with Crippen molar-refractivity contribution >= 4 is 24.7 Å². The molecule has 3 rings (SSSR count). The molecule has 0 amide bonds. The van der Waals surface area contributed by atoms with E-state index in [1.165, 1.54) is 23.1 Å². The third-order valence-corrected chi connectivity index (χ3v) is 11.0. The average molecular weight is 409 g/mol. The lowest BCUT2D eigenvalue weighted by molar-refractivity contribution is -0.146. The van der Waals surface area contributed by atoms with E-state index in [2.05, 4.69) is 94.4 Å². The van der Waals surface area contributed by atoms with Gasteiger partial charge in [0.25, 0.3) is 8.32 Å². The molecule has 3 nitrogen and oxygen atoms in total. The fourth-order valence-electron chi connectivity index (χ4n) is 4.40. The van der Waals surface area contributed by atoms with E-state index in [0.717, 1.165) is 6.42 Å². The smallest absolute Gasteiger partial charge is 0.309 e. The molecule has 1 aliphatic carbocycles. The van der Waals surface area contributed by atoms with Crippen LogP contribution in [-0.4, -0.2) is 27.5 Å². The van der Waals surface area contributed by atoms with Gasteiger partial charge in [-0.15, -0.1) is 0 Å². The fourth-order valence-corrected chi connectivity index (χ4v) is 9.13. The van der Waals surface area contributed by atoms with Crippen molar-refractivity contribution in [3.8, 4) is 0 Å². The predicted octanol–water partition coefficient (Wildman–Crippen LogP) is 4.46. The third-order valence-electron chi connectivity index (χ3n) is 6.00. The van der Waals surface area contributed by atoms with Crippen LogP contribution in [0.1, 0.15) is 40.5 Å². The van der Waals surface area contributed by atoms with E-state index in [1.54, 1.807) is 0 Å². The Kier molecular flexibility index (Phi) is 6.44. The molecule has 0 fully saturated rings. The topological polar surface area (TPSA) is 35.5 Å². The maximum atomic E-state index is 12.2. The maximum Gasteiger partial charge on any atom is 0.309 e. The van der Waals surface area contributed by atoms with Crippen molar-refractivity contribution in [3.05, 3.63) is 72.3 Å². The molecule has 0 spiro atoms. The number of hydrogen-bond acceptors (Lipinski definition) is 3. The molecule has 2 atom stereocenters. The van der Waals surface area contributed by atoms with Gasteiger partial charge in [-0.3, -0.25) is 4.79 Å². The Morgan fingerprint density at radius 2 is 1.48 bits per heavy atom. The second kappa shape index (κ2) is 8.68. The van der Waals surface area contributed by atoms with E-state index in [4.69, 9.17) is 9.16 Å². The molecule has 154 valence electrons. The van der Waals surface area contributed by atoms with Crippen LogP contribution in [0.15, 0.2) is 72.3 Å². The van der Waals surface area contributed by atoms with Gasteiger partial charge >= 0.3 is 5.97 Å². The first-order chi connectivity index (χ1) is 13.8. The van der Waals surface area contributed by atoms with E-state index >= 15 is 0 Å². The van der Waals surface area contributed by atoms with Crippen LogP contribution >= 0.6 is 0 Å². The summed E-state index contributed by atoms with van der Waals surface area (Å²) in [5, 5.41) is 2.42. The molecule has 0 saturated carbocycles. The second-order valence-electron chi connectivity index (χ2n) is 8.91. The molecule has 0 N–H and O–H groups in total. The number of benzene rings is 2. The van der Waals surface area contributed by atoms with Crippen LogP contribution < -0.4 is 10.4 Å². The van der Waals surface area contributed by atoms with Gasteiger partial charge in [-0.1, -0.05) is 87.5 Å². The fraction of sp³-hybridized carbons (Fsp3) is 0.400. The number of esters is 1. The molecule has 0 bridgehead atoms. The van der Waals surface area contributed by atoms with E-state index < -0.39 is 8.32 Å². The highest BCUT2D eigenvalue weighted by Crippen LogP contribution is 2.40. The molecule has 2 aromatic rings. The van der Waals surface area contributed by atoms with Gasteiger partial charge in [0.05, 0.1) is 19.1 Å². The standard InChI is InChI=1S/C25H32O3Si/c1-19-16-17-20(24(26)27-5)18-23(19)28-29(25(2,3)4,21-12-8-6-9-13-21)22-14-10-7-11-15-22/h6-16,20,23H,17-18H2,1-5H3/t20-,23-/m1/s1. The molecule has 29 heavy (non-hydrogen) atoms. The molecule has 0 unspecified atom stereocenters. The van der Waals surface area contributed by atoms with Crippen molar-refractivity contribution in [3.63, 3.8) is 0 Å². The summed E-state index contributed by atoms with van der Waals surface area (Å²) < 4.78 is 12.2.